The van der Waals surface area contributed by atoms with Crippen LogP contribution in [0.3, 0.4) is 0 Å². The number of carbonyl (C=O) groups is 3. The number of carboxylic acids is 1. The van der Waals surface area contributed by atoms with Crippen LogP contribution in [0.25, 0.3) is 0 Å². The molecular weight excluding hydrogens is 332 g/mol. The molecular formula is C20H26N2O4. The number of likely N-dealkylation sites (tertiary alicyclic amines) is 1. The number of hydrogen-bond donors (Lipinski definition) is 2. The summed E-state index contributed by atoms with van der Waals surface area (Å²) in [6.45, 7) is 1.42. The van der Waals surface area contributed by atoms with E-state index in [1.54, 1.807) is 4.90 Å². The summed E-state index contributed by atoms with van der Waals surface area (Å²) in [6.07, 6.45) is 4.63. The zero-order valence-electron chi connectivity index (χ0n) is 15.1. The van der Waals surface area contributed by atoms with Crippen LogP contribution in [0.5, 0.6) is 0 Å². The molecule has 6 heteroatoms. The first-order valence-corrected chi connectivity index (χ1v) is 9.33. The molecule has 2 N–H and O–H groups in total. The first-order chi connectivity index (χ1) is 12.5. The summed E-state index contributed by atoms with van der Waals surface area (Å²) >= 11 is 0. The van der Waals surface area contributed by atoms with Crippen molar-refractivity contribution in [3.63, 3.8) is 0 Å². The molecule has 1 aliphatic carbocycles. The van der Waals surface area contributed by atoms with E-state index in [0.717, 1.165) is 31.2 Å². The van der Waals surface area contributed by atoms with E-state index >= 15 is 0 Å². The minimum Gasteiger partial charge on any atom is -0.480 e. The molecule has 4 atom stereocenters. The molecule has 3 rings (SSSR count). The lowest BCUT2D eigenvalue weighted by molar-refractivity contribution is -0.150. The maximum Gasteiger partial charge on any atom is 0.326 e. The van der Waals surface area contributed by atoms with E-state index in [9.17, 15) is 19.5 Å². The van der Waals surface area contributed by atoms with Crippen LogP contribution >= 0.6 is 0 Å². The summed E-state index contributed by atoms with van der Waals surface area (Å²) < 4.78 is 0. The number of carbonyl (C=O) groups excluding carboxylic acids is 2. The Labute approximate surface area is 153 Å². The van der Waals surface area contributed by atoms with Crippen LogP contribution in [0.1, 0.15) is 57.1 Å². The predicted molar refractivity (Wildman–Crippen MR) is 96.2 cm³/mol. The van der Waals surface area contributed by atoms with Gasteiger partial charge in [-0.1, -0.05) is 43.2 Å². The van der Waals surface area contributed by atoms with Gasteiger partial charge >= 0.3 is 5.97 Å². The van der Waals surface area contributed by atoms with E-state index in [4.69, 9.17) is 0 Å². The molecule has 0 spiro atoms. The Morgan fingerprint density at radius 2 is 1.88 bits per heavy atom. The van der Waals surface area contributed by atoms with Gasteiger partial charge in [-0.3, -0.25) is 9.59 Å². The van der Waals surface area contributed by atoms with Crippen molar-refractivity contribution in [2.45, 2.75) is 63.6 Å². The lowest BCUT2D eigenvalue weighted by atomic mass is 9.84. The van der Waals surface area contributed by atoms with Gasteiger partial charge in [0.1, 0.15) is 6.04 Å². The van der Waals surface area contributed by atoms with Crippen LogP contribution in [-0.2, 0) is 14.4 Å². The van der Waals surface area contributed by atoms with Crippen LogP contribution in [-0.4, -0.2) is 39.9 Å². The molecule has 2 amide bonds. The molecule has 4 unspecified atom stereocenters. The number of fused-ring (bicyclic) bond motifs is 1. The van der Waals surface area contributed by atoms with Crippen LogP contribution in [0.15, 0.2) is 30.3 Å². The highest BCUT2D eigenvalue weighted by atomic mass is 16.4. The largest absolute Gasteiger partial charge is 0.480 e. The van der Waals surface area contributed by atoms with Crippen molar-refractivity contribution in [2.75, 3.05) is 0 Å². The predicted octanol–water partition coefficient (Wildman–Crippen LogP) is 2.50. The average molecular weight is 358 g/mol. The van der Waals surface area contributed by atoms with E-state index in [2.05, 4.69) is 5.32 Å². The second kappa shape index (κ2) is 7.89. The average Bonchev–Trinajstić information content (AvgIpc) is 3.01. The number of nitrogens with one attached hydrogen (secondary N) is 1. The van der Waals surface area contributed by atoms with Crippen LogP contribution in [0.4, 0.5) is 0 Å². The molecule has 1 saturated carbocycles. The lowest BCUT2D eigenvalue weighted by Gasteiger charge is -2.34. The molecule has 1 aromatic rings. The Hall–Kier alpha value is -2.37. The van der Waals surface area contributed by atoms with Gasteiger partial charge in [-0.2, -0.15) is 0 Å². The van der Waals surface area contributed by atoms with Crippen LogP contribution < -0.4 is 5.32 Å². The molecule has 26 heavy (non-hydrogen) atoms. The third-order valence-electron chi connectivity index (χ3n) is 5.62. The van der Waals surface area contributed by atoms with E-state index in [1.807, 2.05) is 30.3 Å². The van der Waals surface area contributed by atoms with Gasteiger partial charge in [-0.15, -0.1) is 0 Å². The summed E-state index contributed by atoms with van der Waals surface area (Å²) in [5.41, 5.74) is 0.849. The van der Waals surface area contributed by atoms with Crippen molar-refractivity contribution < 1.29 is 19.5 Å². The molecule has 140 valence electrons. The second-order valence-corrected chi connectivity index (χ2v) is 7.37. The molecule has 2 aliphatic rings. The highest BCUT2D eigenvalue weighted by Crippen LogP contribution is 2.40. The van der Waals surface area contributed by atoms with Gasteiger partial charge in [-0.05, 0) is 30.7 Å². The van der Waals surface area contributed by atoms with Crippen molar-refractivity contribution in [2.24, 2.45) is 5.92 Å². The molecule has 0 bridgehead atoms. The summed E-state index contributed by atoms with van der Waals surface area (Å²) in [6, 6.07) is 8.17. The Kier molecular flexibility index (Phi) is 5.59. The topological polar surface area (TPSA) is 86.7 Å². The fraction of sp³-hybridized carbons (Fsp3) is 0.550. The van der Waals surface area contributed by atoms with Crippen molar-refractivity contribution in [1.82, 2.24) is 10.2 Å². The van der Waals surface area contributed by atoms with Gasteiger partial charge in [0.2, 0.25) is 11.8 Å². The molecule has 6 nitrogen and oxygen atoms in total. The van der Waals surface area contributed by atoms with Crippen molar-refractivity contribution in [3.8, 4) is 0 Å². The molecule has 0 aromatic heterocycles. The molecule has 1 aromatic carbocycles. The summed E-state index contributed by atoms with van der Waals surface area (Å²) in [4.78, 5) is 38.0. The van der Waals surface area contributed by atoms with Crippen LogP contribution in [0.2, 0.25) is 0 Å². The smallest absolute Gasteiger partial charge is 0.326 e. The van der Waals surface area contributed by atoms with Gasteiger partial charge in [0, 0.05) is 13.0 Å². The van der Waals surface area contributed by atoms with E-state index in [-0.39, 0.29) is 30.2 Å². The Bertz CT molecular complexity index is 676. The van der Waals surface area contributed by atoms with Gasteiger partial charge in [0.25, 0.3) is 0 Å². The number of aliphatic carboxylic acids is 1. The minimum atomic E-state index is -0.927. The monoisotopic (exact) mass is 358 g/mol. The SMILES string of the molecule is CC(=O)NC(CC(=O)N1C(C(=O)O)CC2CCCCC21)c1ccccc1. The Morgan fingerprint density at radius 1 is 1.19 bits per heavy atom. The number of rotatable bonds is 5. The quantitative estimate of drug-likeness (QED) is 0.847. The summed E-state index contributed by atoms with van der Waals surface area (Å²) in [7, 11) is 0. The van der Waals surface area contributed by atoms with E-state index in [0.29, 0.717) is 6.42 Å². The fourth-order valence-electron chi connectivity index (χ4n) is 4.50. The summed E-state index contributed by atoms with van der Waals surface area (Å²) in [5.74, 6) is -1.04. The lowest BCUT2D eigenvalue weighted by Crippen LogP contribution is -2.47. The number of carboxylic acid groups (broad SMARTS) is 1. The first-order valence-electron chi connectivity index (χ1n) is 9.33. The number of amides is 2. The molecule has 0 radical (unpaired) electrons. The maximum absolute atomic E-state index is 13.1. The van der Waals surface area contributed by atoms with Crippen molar-refractivity contribution in [3.05, 3.63) is 35.9 Å². The normalized spacial score (nSPS) is 26.0. The molecule has 2 fully saturated rings. The van der Waals surface area contributed by atoms with Crippen LogP contribution in [0, 0.1) is 5.92 Å². The van der Waals surface area contributed by atoms with Gasteiger partial charge < -0.3 is 15.3 Å². The number of benzene rings is 1. The Balaban J connectivity index is 1.80. The number of hydrogen-bond acceptors (Lipinski definition) is 3. The second-order valence-electron chi connectivity index (χ2n) is 7.37. The first kappa shape index (κ1) is 18.4. The standard InChI is InChI=1S/C20H26N2O4/c1-13(23)21-16(14-7-3-2-4-8-14)12-19(24)22-17-10-6-5-9-15(17)11-18(22)20(25)26/h2-4,7-8,15-18H,5-6,9-12H2,1H3,(H,21,23)(H,25,26). The molecule has 1 saturated heterocycles. The summed E-state index contributed by atoms with van der Waals surface area (Å²) in [5, 5.41) is 12.4. The van der Waals surface area contributed by atoms with Gasteiger partial charge in [0.05, 0.1) is 12.5 Å². The Morgan fingerprint density at radius 3 is 2.54 bits per heavy atom. The van der Waals surface area contributed by atoms with Gasteiger partial charge in [-0.25, -0.2) is 4.79 Å². The van der Waals surface area contributed by atoms with Gasteiger partial charge in [0.15, 0.2) is 0 Å². The third kappa shape index (κ3) is 3.89. The molecule has 1 aliphatic heterocycles. The zero-order chi connectivity index (χ0) is 18.7. The zero-order valence-corrected chi connectivity index (χ0v) is 15.1. The molecule has 1 heterocycles. The van der Waals surface area contributed by atoms with E-state index in [1.165, 1.54) is 6.92 Å². The number of nitrogens with zero attached hydrogens (tertiary/aromatic N) is 1. The fourth-order valence-corrected chi connectivity index (χ4v) is 4.50. The van der Waals surface area contributed by atoms with Crippen molar-refractivity contribution >= 4 is 17.8 Å². The van der Waals surface area contributed by atoms with E-state index < -0.39 is 18.1 Å². The third-order valence-corrected chi connectivity index (χ3v) is 5.62. The van der Waals surface area contributed by atoms with Crippen molar-refractivity contribution in [1.29, 1.82) is 0 Å². The minimum absolute atomic E-state index is 0.0195. The maximum atomic E-state index is 13.1. The highest BCUT2D eigenvalue weighted by Gasteiger charge is 2.47. The highest BCUT2D eigenvalue weighted by molar-refractivity contribution is 5.85.